The standard InChI is InChI=1S/C14H29NO2/c1-4-14(3)12(11-13(14)17-5-2)15-9-7-6-8-10-16/h12-13,15-16H,4-11H2,1-3H3. The van der Waals surface area contributed by atoms with E-state index in [-0.39, 0.29) is 0 Å². The molecule has 1 fully saturated rings. The lowest BCUT2D eigenvalue weighted by Crippen LogP contribution is -2.62. The van der Waals surface area contributed by atoms with E-state index in [1.54, 1.807) is 0 Å². The van der Waals surface area contributed by atoms with E-state index in [0.717, 1.165) is 38.8 Å². The van der Waals surface area contributed by atoms with E-state index in [9.17, 15) is 0 Å². The zero-order chi connectivity index (χ0) is 12.7. The second-order valence-corrected chi connectivity index (χ2v) is 5.33. The van der Waals surface area contributed by atoms with Crippen molar-refractivity contribution in [3.05, 3.63) is 0 Å². The van der Waals surface area contributed by atoms with Crippen LogP contribution in [0.15, 0.2) is 0 Å². The Morgan fingerprint density at radius 1 is 1.29 bits per heavy atom. The zero-order valence-corrected chi connectivity index (χ0v) is 11.7. The van der Waals surface area contributed by atoms with Crippen LogP contribution < -0.4 is 5.32 Å². The summed E-state index contributed by atoms with van der Waals surface area (Å²) >= 11 is 0. The van der Waals surface area contributed by atoms with Gasteiger partial charge in [0.05, 0.1) is 6.10 Å². The molecule has 1 saturated carbocycles. The topological polar surface area (TPSA) is 41.5 Å². The Hall–Kier alpha value is -0.120. The van der Waals surface area contributed by atoms with E-state index >= 15 is 0 Å². The van der Waals surface area contributed by atoms with Crippen molar-refractivity contribution in [3.8, 4) is 0 Å². The van der Waals surface area contributed by atoms with Gasteiger partial charge in [0.2, 0.25) is 0 Å². The van der Waals surface area contributed by atoms with Crippen molar-refractivity contribution in [2.75, 3.05) is 19.8 Å². The first-order valence-electron chi connectivity index (χ1n) is 7.14. The van der Waals surface area contributed by atoms with Crippen LogP contribution in [0.25, 0.3) is 0 Å². The van der Waals surface area contributed by atoms with E-state index in [1.807, 2.05) is 0 Å². The van der Waals surface area contributed by atoms with Crippen LogP contribution >= 0.6 is 0 Å². The van der Waals surface area contributed by atoms with Crippen LogP contribution in [-0.4, -0.2) is 37.0 Å². The fraction of sp³-hybridized carbons (Fsp3) is 1.00. The molecule has 3 nitrogen and oxygen atoms in total. The first-order chi connectivity index (χ1) is 8.19. The van der Waals surface area contributed by atoms with E-state index in [0.29, 0.717) is 24.2 Å². The SMILES string of the molecule is CCOC1CC(NCCCCCO)C1(C)CC. The van der Waals surface area contributed by atoms with Gasteiger partial charge in [0.25, 0.3) is 0 Å². The van der Waals surface area contributed by atoms with Crippen LogP contribution in [0, 0.1) is 5.41 Å². The van der Waals surface area contributed by atoms with Crippen LogP contribution in [0.4, 0.5) is 0 Å². The maximum atomic E-state index is 8.71. The van der Waals surface area contributed by atoms with Crippen LogP contribution in [-0.2, 0) is 4.74 Å². The Morgan fingerprint density at radius 3 is 2.65 bits per heavy atom. The maximum Gasteiger partial charge on any atom is 0.0658 e. The zero-order valence-electron chi connectivity index (χ0n) is 11.7. The van der Waals surface area contributed by atoms with Crippen LogP contribution in [0.3, 0.4) is 0 Å². The van der Waals surface area contributed by atoms with Gasteiger partial charge in [-0.25, -0.2) is 0 Å². The average Bonchev–Trinajstić information content (AvgIpc) is 2.35. The number of ether oxygens (including phenoxy) is 1. The minimum atomic E-state index is 0.312. The molecule has 0 aromatic carbocycles. The number of hydrogen-bond donors (Lipinski definition) is 2. The van der Waals surface area contributed by atoms with Gasteiger partial charge >= 0.3 is 0 Å². The van der Waals surface area contributed by atoms with Crippen molar-refractivity contribution >= 4 is 0 Å². The molecule has 17 heavy (non-hydrogen) atoms. The summed E-state index contributed by atoms with van der Waals surface area (Å²) in [5, 5.41) is 12.4. The molecular formula is C14H29NO2. The molecule has 3 unspecified atom stereocenters. The molecule has 0 saturated heterocycles. The average molecular weight is 243 g/mol. The van der Waals surface area contributed by atoms with E-state index in [2.05, 4.69) is 26.1 Å². The van der Waals surface area contributed by atoms with Crippen molar-refractivity contribution in [3.63, 3.8) is 0 Å². The number of unbranched alkanes of at least 4 members (excludes halogenated alkanes) is 2. The molecular weight excluding hydrogens is 214 g/mol. The highest BCUT2D eigenvalue weighted by Gasteiger charge is 2.50. The lowest BCUT2D eigenvalue weighted by atomic mass is 9.61. The Balaban J connectivity index is 2.21. The molecule has 0 bridgehead atoms. The third-order valence-electron chi connectivity index (χ3n) is 4.34. The molecule has 3 heteroatoms. The number of aliphatic hydroxyl groups excluding tert-OH is 1. The monoisotopic (exact) mass is 243 g/mol. The summed E-state index contributed by atoms with van der Waals surface area (Å²) in [6.45, 7) is 8.88. The second kappa shape index (κ2) is 7.34. The number of hydrogen-bond acceptors (Lipinski definition) is 3. The van der Waals surface area contributed by atoms with E-state index in [1.165, 1.54) is 6.42 Å². The van der Waals surface area contributed by atoms with Gasteiger partial charge in [0.1, 0.15) is 0 Å². The highest BCUT2D eigenvalue weighted by atomic mass is 16.5. The Labute approximate surface area is 106 Å². The summed E-state index contributed by atoms with van der Waals surface area (Å²) in [6.07, 6.45) is 5.97. The normalized spacial score (nSPS) is 32.5. The quantitative estimate of drug-likeness (QED) is 0.611. The molecule has 102 valence electrons. The van der Waals surface area contributed by atoms with Crippen LogP contribution in [0.5, 0.6) is 0 Å². The van der Waals surface area contributed by atoms with Crippen molar-refractivity contribution in [2.24, 2.45) is 5.41 Å². The summed E-state index contributed by atoms with van der Waals surface area (Å²) in [7, 11) is 0. The number of nitrogens with one attached hydrogen (secondary N) is 1. The number of aliphatic hydroxyl groups is 1. The molecule has 2 N–H and O–H groups in total. The van der Waals surface area contributed by atoms with Gasteiger partial charge < -0.3 is 15.2 Å². The van der Waals surface area contributed by atoms with Gasteiger partial charge in [-0.2, -0.15) is 0 Å². The van der Waals surface area contributed by atoms with E-state index < -0.39 is 0 Å². The van der Waals surface area contributed by atoms with Crippen LogP contribution in [0.2, 0.25) is 0 Å². The van der Waals surface area contributed by atoms with Crippen LogP contribution in [0.1, 0.15) is 52.9 Å². The van der Waals surface area contributed by atoms with Crippen molar-refractivity contribution in [1.82, 2.24) is 5.32 Å². The second-order valence-electron chi connectivity index (χ2n) is 5.33. The van der Waals surface area contributed by atoms with E-state index in [4.69, 9.17) is 9.84 Å². The minimum absolute atomic E-state index is 0.312. The maximum absolute atomic E-state index is 8.71. The first kappa shape index (κ1) is 14.9. The summed E-state index contributed by atoms with van der Waals surface area (Å²) in [5.41, 5.74) is 0.312. The molecule has 0 radical (unpaired) electrons. The molecule has 3 atom stereocenters. The molecule has 1 aliphatic rings. The lowest BCUT2D eigenvalue weighted by Gasteiger charge is -2.53. The third-order valence-corrected chi connectivity index (χ3v) is 4.34. The molecule has 0 aliphatic heterocycles. The van der Waals surface area contributed by atoms with Gasteiger partial charge in [-0.05, 0) is 45.6 Å². The largest absolute Gasteiger partial charge is 0.396 e. The minimum Gasteiger partial charge on any atom is -0.396 e. The molecule has 1 aliphatic carbocycles. The van der Waals surface area contributed by atoms with Gasteiger partial charge in [0, 0.05) is 24.7 Å². The van der Waals surface area contributed by atoms with Crippen molar-refractivity contribution in [2.45, 2.75) is 65.0 Å². The Morgan fingerprint density at radius 2 is 2.06 bits per heavy atom. The highest BCUT2D eigenvalue weighted by Crippen LogP contribution is 2.45. The smallest absolute Gasteiger partial charge is 0.0658 e. The van der Waals surface area contributed by atoms with Gasteiger partial charge in [-0.1, -0.05) is 13.8 Å². The molecule has 0 heterocycles. The van der Waals surface area contributed by atoms with Gasteiger partial charge in [-0.3, -0.25) is 0 Å². The highest BCUT2D eigenvalue weighted by molar-refractivity contribution is 5.04. The molecule has 0 amide bonds. The molecule has 0 aromatic heterocycles. The van der Waals surface area contributed by atoms with Gasteiger partial charge in [0.15, 0.2) is 0 Å². The van der Waals surface area contributed by atoms with Gasteiger partial charge in [-0.15, -0.1) is 0 Å². The third kappa shape index (κ3) is 3.67. The predicted octanol–water partition coefficient (Wildman–Crippen LogP) is 2.33. The fourth-order valence-electron chi connectivity index (χ4n) is 2.76. The summed E-state index contributed by atoms with van der Waals surface area (Å²) < 4.78 is 5.79. The summed E-state index contributed by atoms with van der Waals surface area (Å²) in [4.78, 5) is 0. The molecule has 0 aromatic rings. The summed E-state index contributed by atoms with van der Waals surface area (Å²) in [6, 6.07) is 0.609. The van der Waals surface area contributed by atoms with Crippen molar-refractivity contribution in [1.29, 1.82) is 0 Å². The Kier molecular flexibility index (Phi) is 6.45. The number of rotatable bonds is 9. The molecule has 1 rings (SSSR count). The lowest BCUT2D eigenvalue weighted by molar-refractivity contribution is -0.125. The molecule has 0 spiro atoms. The first-order valence-corrected chi connectivity index (χ1v) is 7.14. The predicted molar refractivity (Wildman–Crippen MR) is 71.2 cm³/mol. The summed E-state index contributed by atoms with van der Waals surface area (Å²) in [5.74, 6) is 0. The fourth-order valence-corrected chi connectivity index (χ4v) is 2.76. The van der Waals surface area contributed by atoms with Crippen molar-refractivity contribution < 1.29 is 9.84 Å². The Bertz CT molecular complexity index is 210.